The van der Waals surface area contributed by atoms with Gasteiger partial charge in [0.1, 0.15) is 0 Å². The topological polar surface area (TPSA) is 41.1 Å². The van der Waals surface area contributed by atoms with Gasteiger partial charge in [-0.1, -0.05) is 23.7 Å². The highest BCUT2D eigenvalue weighted by Crippen LogP contribution is 2.22. The second-order valence-electron chi connectivity index (χ2n) is 4.25. The Balaban J connectivity index is 2.02. The van der Waals surface area contributed by atoms with Crippen LogP contribution in [0.25, 0.3) is 0 Å². The average molecular weight is 401 g/mol. The predicted molar refractivity (Wildman–Crippen MR) is 91.3 cm³/mol. The summed E-state index contributed by atoms with van der Waals surface area (Å²) in [5.74, 6) is -0.0724. The minimum Gasteiger partial charge on any atom is -0.380 e. The zero-order valence-corrected chi connectivity index (χ0v) is 13.8. The van der Waals surface area contributed by atoms with Crippen LogP contribution in [0.15, 0.2) is 42.5 Å². The van der Waals surface area contributed by atoms with Crippen LogP contribution in [0.1, 0.15) is 15.9 Å². The van der Waals surface area contributed by atoms with Gasteiger partial charge in [0, 0.05) is 33.4 Å². The molecule has 0 aliphatic rings. The Hall–Kier alpha value is -1.27. The van der Waals surface area contributed by atoms with Crippen molar-refractivity contribution >= 4 is 45.8 Å². The molecule has 2 N–H and O–H groups in total. The standard InChI is InChI=1S/C15H14ClIN2O/c1-18-15(20)11-4-2-10(3-5-11)9-19-14-7-6-12(16)8-13(14)17/h2-8,19H,9H2,1H3,(H,18,20). The van der Waals surface area contributed by atoms with Gasteiger partial charge < -0.3 is 10.6 Å². The number of halogens is 2. The second-order valence-corrected chi connectivity index (χ2v) is 5.85. The fourth-order valence-corrected chi connectivity index (χ4v) is 2.81. The Bertz CT molecular complexity index is 614. The van der Waals surface area contributed by atoms with Gasteiger partial charge in [-0.15, -0.1) is 0 Å². The largest absolute Gasteiger partial charge is 0.380 e. The first-order valence-corrected chi connectivity index (χ1v) is 7.56. The monoisotopic (exact) mass is 400 g/mol. The molecule has 2 aromatic carbocycles. The third-order valence-corrected chi connectivity index (χ3v) is 3.98. The summed E-state index contributed by atoms with van der Waals surface area (Å²) < 4.78 is 1.08. The Morgan fingerprint density at radius 2 is 1.90 bits per heavy atom. The van der Waals surface area contributed by atoms with Crippen molar-refractivity contribution in [3.8, 4) is 0 Å². The van der Waals surface area contributed by atoms with Crippen LogP contribution in [-0.4, -0.2) is 13.0 Å². The zero-order valence-electron chi connectivity index (χ0n) is 10.9. The van der Waals surface area contributed by atoms with Gasteiger partial charge in [0.05, 0.1) is 0 Å². The summed E-state index contributed by atoms with van der Waals surface area (Å²) in [5, 5.41) is 6.69. The lowest BCUT2D eigenvalue weighted by Gasteiger charge is -2.09. The van der Waals surface area contributed by atoms with Gasteiger partial charge in [0.15, 0.2) is 0 Å². The first-order chi connectivity index (χ1) is 9.60. The molecule has 0 radical (unpaired) electrons. The second kappa shape index (κ2) is 6.95. The summed E-state index contributed by atoms with van der Waals surface area (Å²) in [6.07, 6.45) is 0. The first-order valence-electron chi connectivity index (χ1n) is 6.10. The number of amides is 1. The number of anilines is 1. The van der Waals surface area contributed by atoms with Gasteiger partial charge in [-0.05, 0) is 58.5 Å². The smallest absolute Gasteiger partial charge is 0.251 e. The quantitative estimate of drug-likeness (QED) is 0.764. The van der Waals surface area contributed by atoms with Gasteiger partial charge in [-0.2, -0.15) is 0 Å². The van der Waals surface area contributed by atoms with Gasteiger partial charge >= 0.3 is 0 Å². The van der Waals surface area contributed by atoms with E-state index in [2.05, 4.69) is 33.2 Å². The van der Waals surface area contributed by atoms with Crippen LogP contribution < -0.4 is 10.6 Å². The van der Waals surface area contributed by atoms with E-state index in [-0.39, 0.29) is 5.91 Å². The van der Waals surface area contributed by atoms with Crippen LogP contribution in [0, 0.1) is 3.57 Å². The highest BCUT2D eigenvalue weighted by molar-refractivity contribution is 14.1. The van der Waals surface area contributed by atoms with E-state index in [1.54, 1.807) is 7.05 Å². The third-order valence-electron chi connectivity index (χ3n) is 2.86. The van der Waals surface area contributed by atoms with Gasteiger partial charge in [0.2, 0.25) is 0 Å². The van der Waals surface area contributed by atoms with Crippen LogP contribution in [0.2, 0.25) is 5.02 Å². The molecule has 3 nitrogen and oxygen atoms in total. The number of carbonyl (C=O) groups excluding carboxylic acids is 1. The van der Waals surface area contributed by atoms with Crippen LogP contribution in [0.3, 0.4) is 0 Å². The summed E-state index contributed by atoms with van der Waals surface area (Å²) in [5.41, 5.74) is 2.83. The molecule has 0 bridgehead atoms. The van der Waals surface area contributed by atoms with E-state index in [0.29, 0.717) is 12.1 Å². The van der Waals surface area contributed by atoms with Crippen LogP contribution >= 0.6 is 34.2 Å². The molecule has 0 heterocycles. The summed E-state index contributed by atoms with van der Waals surface area (Å²) in [7, 11) is 1.63. The maximum Gasteiger partial charge on any atom is 0.251 e. The van der Waals surface area contributed by atoms with E-state index in [1.807, 2.05) is 42.5 Å². The van der Waals surface area contributed by atoms with E-state index < -0.39 is 0 Å². The molecule has 0 saturated heterocycles. The fourth-order valence-electron chi connectivity index (χ4n) is 1.75. The third kappa shape index (κ3) is 3.86. The number of nitrogens with one attached hydrogen (secondary N) is 2. The van der Waals surface area contributed by atoms with E-state index in [1.165, 1.54) is 0 Å². The molecule has 0 fully saturated rings. The average Bonchev–Trinajstić information content (AvgIpc) is 2.46. The van der Waals surface area contributed by atoms with Crippen molar-refractivity contribution in [3.05, 3.63) is 62.2 Å². The SMILES string of the molecule is CNC(=O)c1ccc(CNc2ccc(Cl)cc2I)cc1. The Labute approximate surface area is 136 Å². The summed E-state index contributed by atoms with van der Waals surface area (Å²) in [6, 6.07) is 13.3. The molecule has 2 aromatic rings. The van der Waals surface area contributed by atoms with Crippen molar-refractivity contribution in [2.24, 2.45) is 0 Å². The number of rotatable bonds is 4. The normalized spacial score (nSPS) is 10.2. The van der Waals surface area contributed by atoms with Crippen molar-refractivity contribution in [1.29, 1.82) is 0 Å². The Kier molecular flexibility index (Phi) is 5.25. The minimum absolute atomic E-state index is 0.0724. The van der Waals surface area contributed by atoms with E-state index in [0.717, 1.165) is 19.8 Å². The van der Waals surface area contributed by atoms with E-state index >= 15 is 0 Å². The number of carbonyl (C=O) groups is 1. The molecule has 0 aromatic heterocycles. The lowest BCUT2D eigenvalue weighted by molar-refractivity contribution is 0.0963. The van der Waals surface area contributed by atoms with Crippen molar-refractivity contribution < 1.29 is 4.79 Å². The first kappa shape index (κ1) is 15.1. The molecule has 0 unspecified atom stereocenters. The molecule has 5 heteroatoms. The Morgan fingerprint density at radius 1 is 1.20 bits per heavy atom. The summed E-state index contributed by atoms with van der Waals surface area (Å²) in [4.78, 5) is 11.4. The maximum atomic E-state index is 11.4. The maximum absolute atomic E-state index is 11.4. The van der Waals surface area contributed by atoms with E-state index in [9.17, 15) is 4.79 Å². The molecular weight excluding hydrogens is 387 g/mol. The van der Waals surface area contributed by atoms with Crippen molar-refractivity contribution in [3.63, 3.8) is 0 Å². The van der Waals surface area contributed by atoms with Gasteiger partial charge in [-0.25, -0.2) is 0 Å². The molecule has 0 aliphatic heterocycles. The molecule has 0 spiro atoms. The number of hydrogen-bond acceptors (Lipinski definition) is 2. The molecule has 0 aliphatic carbocycles. The number of hydrogen-bond donors (Lipinski definition) is 2. The summed E-state index contributed by atoms with van der Waals surface area (Å²) in [6.45, 7) is 0.700. The Morgan fingerprint density at radius 3 is 2.50 bits per heavy atom. The van der Waals surface area contributed by atoms with Crippen molar-refractivity contribution in [2.45, 2.75) is 6.54 Å². The van der Waals surface area contributed by atoms with Gasteiger partial charge in [0.25, 0.3) is 5.91 Å². The zero-order chi connectivity index (χ0) is 14.5. The van der Waals surface area contributed by atoms with Crippen LogP contribution in [0.5, 0.6) is 0 Å². The lowest BCUT2D eigenvalue weighted by atomic mass is 10.1. The van der Waals surface area contributed by atoms with Crippen LogP contribution in [-0.2, 0) is 6.54 Å². The lowest BCUT2D eigenvalue weighted by Crippen LogP contribution is -2.17. The van der Waals surface area contributed by atoms with Crippen molar-refractivity contribution in [1.82, 2.24) is 5.32 Å². The summed E-state index contributed by atoms with van der Waals surface area (Å²) >= 11 is 8.17. The molecule has 104 valence electrons. The number of benzene rings is 2. The predicted octanol–water partition coefficient (Wildman–Crippen LogP) is 3.92. The fraction of sp³-hybridized carbons (Fsp3) is 0.133. The van der Waals surface area contributed by atoms with Crippen LogP contribution in [0.4, 0.5) is 5.69 Å². The highest BCUT2D eigenvalue weighted by atomic mass is 127. The minimum atomic E-state index is -0.0724. The highest BCUT2D eigenvalue weighted by Gasteiger charge is 2.03. The van der Waals surface area contributed by atoms with Crippen molar-refractivity contribution in [2.75, 3.05) is 12.4 Å². The molecular formula is C15H14ClIN2O. The molecule has 1 amide bonds. The van der Waals surface area contributed by atoms with Gasteiger partial charge in [-0.3, -0.25) is 4.79 Å². The molecule has 2 rings (SSSR count). The molecule has 0 saturated carbocycles. The molecule has 0 atom stereocenters. The van der Waals surface area contributed by atoms with E-state index in [4.69, 9.17) is 11.6 Å². The molecule has 20 heavy (non-hydrogen) atoms.